The summed E-state index contributed by atoms with van der Waals surface area (Å²) in [5.74, 6) is 0.838. The number of likely N-dealkylation sites (N-methyl/N-ethyl adjacent to an activating group) is 1. The Kier molecular flexibility index (Phi) is 6.80. The Balaban J connectivity index is 2.49. The number of unbranched alkanes of at least 4 members (excludes halogenated alkanes) is 1. The highest BCUT2D eigenvalue weighted by atomic mass is 16.2. The highest BCUT2D eigenvalue weighted by Crippen LogP contribution is 2.35. The van der Waals surface area contributed by atoms with E-state index in [1.807, 2.05) is 7.05 Å². The van der Waals surface area contributed by atoms with Crippen molar-refractivity contribution in [1.82, 2.24) is 10.2 Å². The summed E-state index contributed by atoms with van der Waals surface area (Å²) in [5.41, 5.74) is 6.05. The molecule has 0 heterocycles. The first-order valence-electron chi connectivity index (χ1n) is 7.72. The van der Waals surface area contributed by atoms with Gasteiger partial charge in [-0.15, -0.1) is 0 Å². The summed E-state index contributed by atoms with van der Waals surface area (Å²) in [6, 6.07) is 0. The van der Waals surface area contributed by atoms with Gasteiger partial charge in [-0.2, -0.15) is 0 Å². The van der Waals surface area contributed by atoms with Gasteiger partial charge >= 0.3 is 0 Å². The van der Waals surface area contributed by atoms with Crippen molar-refractivity contribution < 1.29 is 4.79 Å². The van der Waals surface area contributed by atoms with E-state index in [1.54, 1.807) is 0 Å². The molecule has 3 N–H and O–H groups in total. The van der Waals surface area contributed by atoms with Crippen LogP contribution in [-0.2, 0) is 4.79 Å². The zero-order chi connectivity index (χ0) is 14.3. The first kappa shape index (κ1) is 16.4. The van der Waals surface area contributed by atoms with Gasteiger partial charge in [0.25, 0.3) is 0 Å². The van der Waals surface area contributed by atoms with Crippen LogP contribution < -0.4 is 11.1 Å². The highest BCUT2D eigenvalue weighted by molar-refractivity contribution is 5.78. The second-order valence-electron chi connectivity index (χ2n) is 6.19. The molecule has 0 aromatic heterocycles. The summed E-state index contributed by atoms with van der Waals surface area (Å²) in [6.45, 7) is 6.32. The van der Waals surface area contributed by atoms with Crippen molar-refractivity contribution in [3.05, 3.63) is 0 Å². The minimum Gasteiger partial charge on any atom is -0.355 e. The number of carbonyl (C=O) groups is 1. The van der Waals surface area contributed by atoms with Gasteiger partial charge in [0.15, 0.2) is 0 Å². The van der Waals surface area contributed by atoms with E-state index >= 15 is 0 Å². The van der Waals surface area contributed by atoms with Crippen LogP contribution >= 0.6 is 0 Å². The molecule has 0 aliphatic heterocycles. The van der Waals surface area contributed by atoms with Crippen LogP contribution in [0, 0.1) is 5.92 Å². The summed E-state index contributed by atoms with van der Waals surface area (Å²) in [6.07, 6.45) is 6.90. The fourth-order valence-corrected chi connectivity index (χ4v) is 3.16. The smallest absolute Gasteiger partial charge is 0.234 e. The number of hydrogen-bond acceptors (Lipinski definition) is 3. The lowest BCUT2D eigenvalue weighted by atomic mass is 9.75. The van der Waals surface area contributed by atoms with Gasteiger partial charge in [-0.3, -0.25) is 9.69 Å². The van der Waals surface area contributed by atoms with Crippen molar-refractivity contribution in [2.75, 3.05) is 26.7 Å². The number of hydrogen-bond donors (Lipinski definition) is 2. The summed E-state index contributed by atoms with van der Waals surface area (Å²) in [7, 11) is 2.05. The molecule has 1 amide bonds. The van der Waals surface area contributed by atoms with Crippen molar-refractivity contribution >= 4 is 5.91 Å². The fraction of sp³-hybridized carbons (Fsp3) is 0.933. The van der Waals surface area contributed by atoms with Crippen LogP contribution in [0.5, 0.6) is 0 Å². The molecule has 1 saturated carbocycles. The molecule has 4 heteroatoms. The van der Waals surface area contributed by atoms with Crippen LogP contribution in [0.2, 0.25) is 0 Å². The standard InChI is InChI=1S/C15H31N3O/c1-4-5-9-17-14(19)11-18(3)15(12-16)8-6-7-13(2)10-15/h13H,4-12,16H2,1-3H3,(H,17,19). The van der Waals surface area contributed by atoms with Crippen molar-refractivity contribution in [2.24, 2.45) is 11.7 Å². The average molecular weight is 269 g/mol. The predicted molar refractivity (Wildman–Crippen MR) is 80.0 cm³/mol. The molecule has 1 aliphatic carbocycles. The van der Waals surface area contributed by atoms with E-state index in [9.17, 15) is 4.79 Å². The number of amides is 1. The number of nitrogens with two attached hydrogens (primary N) is 1. The minimum atomic E-state index is 0.0275. The number of nitrogens with zero attached hydrogens (tertiary/aromatic N) is 1. The largest absolute Gasteiger partial charge is 0.355 e. The molecule has 2 unspecified atom stereocenters. The maximum absolute atomic E-state index is 11.9. The molecular weight excluding hydrogens is 238 g/mol. The number of nitrogens with one attached hydrogen (secondary N) is 1. The third kappa shape index (κ3) is 4.77. The molecule has 0 bridgehead atoms. The van der Waals surface area contributed by atoms with E-state index in [0.29, 0.717) is 19.0 Å². The molecule has 0 saturated heterocycles. The number of rotatable bonds is 7. The van der Waals surface area contributed by atoms with Crippen LogP contribution in [-0.4, -0.2) is 43.0 Å². The van der Waals surface area contributed by atoms with Gasteiger partial charge < -0.3 is 11.1 Å². The summed E-state index contributed by atoms with van der Waals surface area (Å²) >= 11 is 0. The van der Waals surface area contributed by atoms with E-state index in [0.717, 1.165) is 32.2 Å². The van der Waals surface area contributed by atoms with Gasteiger partial charge in [0.05, 0.1) is 6.54 Å². The molecule has 112 valence electrons. The predicted octanol–water partition coefficient (Wildman–Crippen LogP) is 1.74. The highest BCUT2D eigenvalue weighted by Gasteiger charge is 2.37. The summed E-state index contributed by atoms with van der Waals surface area (Å²) < 4.78 is 0. The second-order valence-corrected chi connectivity index (χ2v) is 6.19. The molecule has 0 aromatic rings. The van der Waals surface area contributed by atoms with Crippen LogP contribution in [0.1, 0.15) is 52.4 Å². The van der Waals surface area contributed by atoms with Crippen molar-refractivity contribution in [3.8, 4) is 0 Å². The van der Waals surface area contributed by atoms with Crippen molar-refractivity contribution in [1.29, 1.82) is 0 Å². The van der Waals surface area contributed by atoms with Crippen LogP contribution in [0.3, 0.4) is 0 Å². The third-order valence-corrected chi connectivity index (χ3v) is 4.49. The number of carbonyl (C=O) groups excluding carboxylic acids is 1. The maximum atomic E-state index is 11.9. The van der Waals surface area contributed by atoms with E-state index in [1.165, 1.54) is 12.8 Å². The second kappa shape index (κ2) is 7.85. The van der Waals surface area contributed by atoms with Gasteiger partial charge in [0.2, 0.25) is 5.91 Å². The molecule has 1 rings (SSSR count). The Bertz CT molecular complexity index is 283. The SMILES string of the molecule is CCCCNC(=O)CN(C)C1(CN)CCCC(C)C1. The Morgan fingerprint density at radius 1 is 1.53 bits per heavy atom. The van der Waals surface area contributed by atoms with E-state index < -0.39 is 0 Å². The van der Waals surface area contributed by atoms with Crippen molar-refractivity contribution in [2.45, 2.75) is 57.9 Å². The molecular formula is C15H31N3O. The molecule has 1 aliphatic rings. The van der Waals surface area contributed by atoms with Gasteiger partial charge in [0.1, 0.15) is 0 Å². The van der Waals surface area contributed by atoms with E-state index in [-0.39, 0.29) is 11.4 Å². The zero-order valence-electron chi connectivity index (χ0n) is 12.9. The van der Waals surface area contributed by atoms with Crippen LogP contribution in [0.25, 0.3) is 0 Å². The molecule has 4 nitrogen and oxygen atoms in total. The van der Waals surface area contributed by atoms with Crippen LogP contribution in [0.15, 0.2) is 0 Å². The lowest BCUT2D eigenvalue weighted by Crippen LogP contribution is -2.56. The van der Waals surface area contributed by atoms with E-state index in [4.69, 9.17) is 5.73 Å². The lowest BCUT2D eigenvalue weighted by Gasteiger charge is -2.45. The van der Waals surface area contributed by atoms with Gasteiger partial charge in [-0.1, -0.05) is 33.1 Å². The average Bonchev–Trinajstić information content (AvgIpc) is 2.38. The zero-order valence-corrected chi connectivity index (χ0v) is 12.9. The lowest BCUT2D eigenvalue weighted by molar-refractivity contribution is -0.123. The summed E-state index contributed by atoms with van der Waals surface area (Å²) in [5, 5.41) is 2.98. The quantitative estimate of drug-likeness (QED) is 0.692. The first-order chi connectivity index (χ1) is 9.04. The Hall–Kier alpha value is -0.610. The van der Waals surface area contributed by atoms with E-state index in [2.05, 4.69) is 24.1 Å². The molecule has 2 atom stereocenters. The first-order valence-corrected chi connectivity index (χ1v) is 7.72. The summed E-state index contributed by atoms with van der Waals surface area (Å²) in [4.78, 5) is 14.1. The van der Waals surface area contributed by atoms with Gasteiger partial charge in [-0.05, 0) is 32.2 Å². The topological polar surface area (TPSA) is 58.4 Å². The maximum Gasteiger partial charge on any atom is 0.234 e. The molecule has 0 radical (unpaired) electrons. The normalized spacial score (nSPS) is 27.5. The third-order valence-electron chi connectivity index (χ3n) is 4.49. The Morgan fingerprint density at radius 2 is 2.26 bits per heavy atom. The Morgan fingerprint density at radius 3 is 2.84 bits per heavy atom. The monoisotopic (exact) mass is 269 g/mol. The van der Waals surface area contributed by atoms with Crippen LogP contribution in [0.4, 0.5) is 0 Å². The van der Waals surface area contributed by atoms with Gasteiger partial charge in [0, 0.05) is 18.6 Å². The van der Waals surface area contributed by atoms with Crippen molar-refractivity contribution in [3.63, 3.8) is 0 Å². The van der Waals surface area contributed by atoms with Gasteiger partial charge in [-0.25, -0.2) is 0 Å². The fourth-order valence-electron chi connectivity index (χ4n) is 3.16. The Labute approximate surface area is 118 Å². The molecule has 1 fully saturated rings. The molecule has 0 spiro atoms. The molecule has 19 heavy (non-hydrogen) atoms. The molecule has 0 aromatic carbocycles. The minimum absolute atomic E-state index is 0.0275.